The van der Waals surface area contributed by atoms with Crippen molar-refractivity contribution in [2.24, 2.45) is 0 Å². The number of aromatic nitrogens is 2. The second kappa shape index (κ2) is 10.8. The summed E-state index contributed by atoms with van der Waals surface area (Å²) >= 11 is 0. The number of hydrogen-bond acceptors (Lipinski definition) is 7. The van der Waals surface area contributed by atoms with Gasteiger partial charge in [-0.2, -0.15) is 0 Å². The number of likely N-dealkylation sites (tertiary alicyclic amines) is 1. The van der Waals surface area contributed by atoms with Crippen molar-refractivity contribution in [2.75, 3.05) is 39.9 Å². The lowest BCUT2D eigenvalue weighted by Crippen LogP contribution is -2.60. The van der Waals surface area contributed by atoms with Gasteiger partial charge in [0, 0.05) is 63.4 Å². The van der Waals surface area contributed by atoms with Gasteiger partial charge in [-0.25, -0.2) is 9.97 Å². The van der Waals surface area contributed by atoms with Crippen LogP contribution in [0.2, 0.25) is 0 Å². The van der Waals surface area contributed by atoms with Gasteiger partial charge in [0.25, 0.3) is 5.91 Å². The van der Waals surface area contributed by atoms with Gasteiger partial charge in [-0.05, 0) is 57.4 Å². The predicted octanol–water partition coefficient (Wildman–Crippen LogP) is 3.09. The lowest BCUT2D eigenvalue weighted by Gasteiger charge is -2.50. The van der Waals surface area contributed by atoms with Crippen molar-refractivity contribution in [1.29, 1.82) is 0 Å². The Labute approximate surface area is 202 Å². The van der Waals surface area contributed by atoms with Crippen molar-refractivity contribution in [3.05, 3.63) is 53.6 Å². The van der Waals surface area contributed by atoms with Gasteiger partial charge in [-0.1, -0.05) is 0 Å². The second-order valence-electron chi connectivity index (χ2n) is 9.73. The molecule has 8 nitrogen and oxygen atoms in total. The van der Waals surface area contributed by atoms with Crippen molar-refractivity contribution < 1.29 is 19.0 Å². The maximum Gasteiger partial charge on any atom is 0.253 e. The van der Waals surface area contributed by atoms with Gasteiger partial charge in [-0.3, -0.25) is 9.69 Å². The molecule has 184 valence electrons. The summed E-state index contributed by atoms with van der Waals surface area (Å²) in [4.78, 5) is 25.9. The molecule has 0 radical (unpaired) electrons. The van der Waals surface area contributed by atoms with Crippen LogP contribution in [0.5, 0.6) is 5.75 Å². The third-order valence-corrected chi connectivity index (χ3v) is 6.51. The molecular formula is C26H36N4O4. The van der Waals surface area contributed by atoms with Crippen LogP contribution in [0.1, 0.15) is 48.2 Å². The molecule has 0 aliphatic carbocycles. The van der Waals surface area contributed by atoms with E-state index in [9.17, 15) is 4.79 Å². The van der Waals surface area contributed by atoms with E-state index < -0.39 is 0 Å². The molecule has 2 aromatic rings. The Hall–Kier alpha value is -2.55. The van der Waals surface area contributed by atoms with Crippen LogP contribution in [-0.2, 0) is 16.0 Å². The molecule has 1 amide bonds. The highest BCUT2D eigenvalue weighted by atomic mass is 16.5. The molecule has 1 unspecified atom stereocenters. The minimum Gasteiger partial charge on any atom is -0.491 e. The molecule has 2 aliphatic rings. The Morgan fingerprint density at radius 1 is 1.24 bits per heavy atom. The van der Waals surface area contributed by atoms with Crippen LogP contribution in [0.3, 0.4) is 0 Å². The molecule has 1 aromatic heterocycles. The highest BCUT2D eigenvalue weighted by molar-refractivity contribution is 5.94. The lowest BCUT2D eigenvalue weighted by atomic mass is 9.88. The summed E-state index contributed by atoms with van der Waals surface area (Å²) in [5, 5.41) is 0. The quantitative estimate of drug-likeness (QED) is 0.618. The minimum atomic E-state index is -0.279. The Bertz CT molecular complexity index is 961. The molecule has 2 fully saturated rings. The SMILES string of the molecule is COCC1CN(Cc2cncnc2)CC2(CCN(C(=O)c3ccc(OC(C)C)c(C)c3)CC2)O1. The number of carbonyl (C=O) groups excluding carboxylic acids is 1. The van der Waals surface area contributed by atoms with Crippen LogP contribution in [0.25, 0.3) is 0 Å². The molecule has 0 saturated carbocycles. The number of benzene rings is 1. The molecule has 8 heteroatoms. The number of morpholine rings is 1. The molecule has 2 saturated heterocycles. The van der Waals surface area contributed by atoms with E-state index in [1.165, 1.54) is 0 Å². The number of ether oxygens (including phenoxy) is 3. The zero-order valence-electron chi connectivity index (χ0n) is 20.7. The topological polar surface area (TPSA) is 77.0 Å². The van der Waals surface area contributed by atoms with Crippen molar-refractivity contribution >= 4 is 5.91 Å². The molecule has 1 atom stereocenters. The van der Waals surface area contributed by atoms with Gasteiger partial charge in [0.15, 0.2) is 0 Å². The zero-order chi connectivity index (χ0) is 24.1. The fraction of sp³-hybridized carbons (Fsp3) is 0.577. The third kappa shape index (κ3) is 5.92. The smallest absolute Gasteiger partial charge is 0.253 e. The average molecular weight is 469 g/mol. The molecular weight excluding hydrogens is 432 g/mol. The average Bonchev–Trinajstić information content (AvgIpc) is 2.81. The maximum absolute atomic E-state index is 13.2. The van der Waals surface area contributed by atoms with E-state index in [1.807, 2.05) is 56.3 Å². The van der Waals surface area contributed by atoms with Gasteiger partial charge in [0.05, 0.1) is 24.4 Å². The zero-order valence-corrected chi connectivity index (χ0v) is 20.7. The molecule has 4 rings (SSSR count). The summed E-state index contributed by atoms with van der Waals surface area (Å²) in [7, 11) is 1.71. The molecule has 34 heavy (non-hydrogen) atoms. The van der Waals surface area contributed by atoms with Crippen LogP contribution in [0, 0.1) is 6.92 Å². The number of nitrogens with zero attached hydrogens (tertiary/aromatic N) is 4. The van der Waals surface area contributed by atoms with E-state index in [0.29, 0.717) is 25.3 Å². The first-order valence-corrected chi connectivity index (χ1v) is 12.1. The predicted molar refractivity (Wildman–Crippen MR) is 129 cm³/mol. The second-order valence-corrected chi connectivity index (χ2v) is 9.73. The fourth-order valence-corrected chi connectivity index (χ4v) is 5.00. The summed E-state index contributed by atoms with van der Waals surface area (Å²) in [6.45, 7) is 10.3. The first-order valence-electron chi connectivity index (χ1n) is 12.1. The summed E-state index contributed by atoms with van der Waals surface area (Å²) in [6, 6.07) is 5.70. The molecule has 0 bridgehead atoms. The van der Waals surface area contributed by atoms with Crippen LogP contribution >= 0.6 is 0 Å². The molecule has 1 aromatic carbocycles. The van der Waals surface area contributed by atoms with E-state index in [-0.39, 0.29) is 23.7 Å². The van der Waals surface area contributed by atoms with Crippen LogP contribution in [0.15, 0.2) is 36.9 Å². The number of aryl methyl sites for hydroxylation is 1. The number of hydrogen-bond donors (Lipinski definition) is 0. The number of rotatable bonds is 7. The number of piperidine rings is 1. The Morgan fingerprint density at radius 2 is 1.97 bits per heavy atom. The van der Waals surface area contributed by atoms with E-state index in [0.717, 1.165) is 49.4 Å². The first-order chi connectivity index (χ1) is 16.4. The molecule has 2 aliphatic heterocycles. The van der Waals surface area contributed by atoms with Gasteiger partial charge in [-0.15, -0.1) is 0 Å². The number of amides is 1. The fourth-order valence-electron chi connectivity index (χ4n) is 5.00. The lowest BCUT2D eigenvalue weighted by molar-refractivity contribution is -0.186. The summed E-state index contributed by atoms with van der Waals surface area (Å²) in [5.74, 6) is 0.893. The van der Waals surface area contributed by atoms with Crippen molar-refractivity contribution in [1.82, 2.24) is 19.8 Å². The van der Waals surface area contributed by atoms with Crippen molar-refractivity contribution in [3.8, 4) is 5.75 Å². The monoisotopic (exact) mass is 468 g/mol. The van der Waals surface area contributed by atoms with E-state index in [2.05, 4.69) is 14.9 Å². The van der Waals surface area contributed by atoms with E-state index in [4.69, 9.17) is 14.2 Å². The maximum atomic E-state index is 13.2. The molecule has 3 heterocycles. The highest BCUT2D eigenvalue weighted by Gasteiger charge is 2.43. The summed E-state index contributed by atoms with van der Waals surface area (Å²) < 4.78 is 17.8. The Morgan fingerprint density at radius 3 is 2.62 bits per heavy atom. The van der Waals surface area contributed by atoms with E-state index >= 15 is 0 Å². The van der Waals surface area contributed by atoms with Crippen molar-refractivity contribution in [3.63, 3.8) is 0 Å². The normalized spacial score (nSPS) is 20.6. The Kier molecular flexibility index (Phi) is 7.80. The summed E-state index contributed by atoms with van der Waals surface area (Å²) in [5.41, 5.74) is 2.49. The van der Waals surface area contributed by atoms with E-state index in [1.54, 1.807) is 13.4 Å². The van der Waals surface area contributed by atoms with Gasteiger partial charge >= 0.3 is 0 Å². The third-order valence-electron chi connectivity index (χ3n) is 6.51. The van der Waals surface area contributed by atoms with Crippen LogP contribution in [-0.4, -0.2) is 83.4 Å². The van der Waals surface area contributed by atoms with Gasteiger partial charge in [0.2, 0.25) is 0 Å². The summed E-state index contributed by atoms with van der Waals surface area (Å²) in [6.07, 6.45) is 6.98. The van der Waals surface area contributed by atoms with Crippen LogP contribution in [0.4, 0.5) is 0 Å². The first kappa shape index (κ1) is 24.6. The minimum absolute atomic E-state index is 0.00165. The standard InChI is InChI=1S/C26H36N4O4/c1-19(2)33-24-6-5-22(11-20(24)3)25(31)30-9-7-26(8-10-30)17-29(15-23(34-26)16-32-4)14-21-12-27-18-28-13-21/h5-6,11-13,18-19,23H,7-10,14-17H2,1-4H3. The molecule has 0 N–H and O–H groups in total. The van der Waals surface area contributed by atoms with Gasteiger partial charge < -0.3 is 19.1 Å². The number of carbonyl (C=O) groups is 1. The number of methoxy groups -OCH3 is 1. The molecule has 1 spiro atoms. The largest absolute Gasteiger partial charge is 0.491 e. The van der Waals surface area contributed by atoms with Crippen molar-refractivity contribution in [2.45, 2.75) is 58.0 Å². The van der Waals surface area contributed by atoms with Gasteiger partial charge in [0.1, 0.15) is 12.1 Å². The highest BCUT2D eigenvalue weighted by Crippen LogP contribution is 2.34. The Balaban J connectivity index is 1.41. The van der Waals surface area contributed by atoms with Crippen LogP contribution < -0.4 is 4.74 Å².